The minimum Gasteiger partial charge on any atom is -0.427 e. The van der Waals surface area contributed by atoms with Crippen molar-refractivity contribution in [2.45, 2.75) is 20.1 Å². The molecule has 1 amide bonds. The highest BCUT2D eigenvalue weighted by Gasteiger charge is 2.36. The Kier molecular flexibility index (Phi) is 3.59. The highest BCUT2D eigenvalue weighted by molar-refractivity contribution is 6.31. The summed E-state index contributed by atoms with van der Waals surface area (Å²) >= 11 is 5.72. The molecule has 1 unspecified atom stereocenters. The van der Waals surface area contributed by atoms with Gasteiger partial charge >= 0.3 is 6.09 Å². The second-order valence-corrected chi connectivity index (χ2v) is 4.84. The molecule has 7 nitrogen and oxygen atoms in total. The average Bonchev–Trinajstić information content (AvgIpc) is 2.71. The van der Waals surface area contributed by atoms with E-state index in [9.17, 15) is 14.9 Å². The number of rotatable bonds is 3. The summed E-state index contributed by atoms with van der Waals surface area (Å²) in [4.78, 5) is 22.1. The molecule has 1 aromatic rings. The van der Waals surface area contributed by atoms with Gasteiger partial charge in [-0.25, -0.2) is 4.79 Å². The fraction of sp³-hybridized carbons (Fsp3) is 0.364. The van der Waals surface area contributed by atoms with E-state index in [0.29, 0.717) is 0 Å². The summed E-state index contributed by atoms with van der Waals surface area (Å²) in [7, 11) is 0. The van der Waals surface area contributed by atoms with Crippen LogP contribution in [0, 0.1) is 16.0 Å². The second kappa shape index (κ2) is 5.02. The highest BCUT2D eigenvalue weighted by Crippen LogP contribution is 2.32. The Morgan fingerprint density at radius 2 is 2.21 bits per heavy atom. The van der Waals surface area contributed by atoms with Gasteiger partial charge in [-0.2, -0.15) is 10.4 Å². The molecule has 0 aromatic heterocycles. The van der Waals surface area contributed by atoms with Crippen molar-refractivity contribution in [1.82, 2.24) is 5.43 Å². The SMILES string of the molecule is CC(C)C1NN(c2ccc(Cl)cc2[N+](=O)[O-])C(=O)O1. The first kappa shape index (κ1) is 13.6. The molecule has 1 saturated heterocycles. The molecule has 0 aliphatic carbocycles. The number of benzene rings is 1. The van der Waals surface area contributed by atoms with E-state index in [1.54, 1.807) is 0 Å². The van der Waals surface area contributed by atoms with Crippen LogP contribution >= 0.6 is 11.6 Å². The Morgan fingerprint density at radius 1 is 1.53 bits per heavy atom. The van der Waals surface area contributed by atoms with Crippen molar-refractivity contribution in [2.75, 3.05) is 5.01 Å². The van der Waals surface area contributed by atoms with Gasteiger partial charge in [0.05, 0.1) is 4.92 Å². The number of hydrogen-bond acceptors (Lipinski definition) is 5. The van der Waals surface area contributed by atoms with Crippen molar-refractivity contribution in [2.24, 2.45) is 5.92 Å². The summed E-state index contributed by atoms with van der Waals surface area (Å²) in [5.74, 6) is 0.0420. The monoisotopic (exact) mass is 285 g/mol. The molecule has 2 rings (SSSR count). The van der Waals surface area contributed by atoms with E-state index in [-0.39, 0.29) is 22.3 Å². The predicted molar refractivity (Wildman–Crippen MR) is 68.8 cm³/mol. The third kappa shape index (κ3) is 2.61. The Hall–Kier alpha value is -1.86. The fourth-order valence-corrected chi connectivity index (χ4v) is 1.82. The zero-order valence-corrected chi connectivity index (χ0v) is 11.0. The molecule has 102 valence electrons. The molecule has 19 heavy (non-hydrogen) atoms. The largest absolute Gasteiger partial charge is 0.431 e. The normalized spacial score (nSPS) is 18.8. The van der Waals surface area contributed by atoms with E-state index >= 15 is 0 Å². The van der Waals surface area contributed by atoms with Crippen molar-refractivity contribution in [3.8, 4) is 0 Å². The van der Waals surface area contributed by atoms with Gasteiger partial charge < -0.3 is 4.74 Å². The molecule has 0 bridgehead atoms. The molecule has 1 atom stereocenters. The molecule has 1 heterocycles. The number of nitro groups is 1. The summed E-state index contributed by atoms with van der Waals surface area (Å²) in [5.41, 5.74) is 2.62. The van der Waals surface area contributed by atoms with E-state index < -0.39 is 17.2 Å². The van der Waals surface area contributed by atoms with Crippen LogP contribution in [0.15, 0.2) is 18.2 Å². The number of nitrogens with one attached hydrogen (secondary N) is 1. The van der Waals surface area contributed by atoms with E-state index in [0.717, 1.165) is 5.01 Å². The van der Waals surface area contributed by atoms with Gasteiger partial charge in [-0.1, -0.05) is 25.4 Å². The van der Waals surface area contributed by atoms with Crippen LogP contribution in [0.25, 0.3) is 0 Å². The number of halogens is 1. The standard InChI is InChI=1S/C11H12ClN3O4/c1-6(2)10-13-14(11(16)19-10)8-4-3-7(12)5-9(8)15(17)18/h3-6,10,13H,1-2H3. The van der Waals surface area contributed by atoms with Crippen molar-refractivity contribution in [1.29, 1.82) is 0 Å². The summed E-state index contributed by atoms with van der Waals surface area (Å²) < 4.78 is 5.08. The lowest BCUT2D eigenvalue weighted by Crippen LogP contribution is -2.39. The number of ether oxygens (including phenoxy) is 1. The summed E-state index contributed by atoms with van der Waals surface area (Å²) in [6.07, 6.45) is -1.19. The first-order chi connectivity index (χ1) is 8.90. The van der Waals surface area contributed by atoms with Crippen molar-refractivity contribution in [3.05, 3.63) is 33.3 Å². The number of amides is 1. The first-order valence-electron chi connectivity index (χ1n) is 5.61. The van der Waals surface area contributed by atoms with Crippen molar-refractivity contribution >= 4 is 29.1 Å². The zero-order chi connectivity index (χ0) is 14.2. The summed E-state index contributed by atoms with van der Waals surface area (Å²) in [6.45, 7) is 3.73. The smallest absolute Gasteiger partial charge is 0.427 e. The Labute approximate surface area is 114 Å². The number of nitro benzene ring substituents is 1. The molecule has 1 aliphatic heterocycles. The maximum absolute atomic E-state index is 11.7. The lowest BCUT2D eigenvalue weighted by molar-refractivity contribution is -0.384. The van der Waals surface area contributed by atoms with Crippen LogP contribution in [0.2, 0.25) is 5.02 Å². The van der Waals surface area contributed by atoms with Crippen LogP contribution in [0.5, 0.6) is 0 Å². The lowest BCUT2D eigenvalue weighted by Gasteiger charge is -2.15. The lowest BCUT2D eigenvalue weighted by atomic mass is 10.2. The van der Waals surface area contributed by atoms with Crippen LogP contribution < -0.4 is 10.4 Å². The van der Waals surface area contributed by atoms with Gasteiger partial charge in [0.2, 0.25) is 0 Å². The molecule has 1 aliphatic rings. The fourth-order valence-electron chi connectivity index (χ4n) is 1.65. The number of cyclic esters (lactones) is 1. The number of nitrogens with zero attached hydrogens (tertiary/aromatic N) is 2. The highest BCUT2D eigenvalue weighted by atomic mass is 35.5. The maximum Gasteiger partial charge on any atom is 0.431 e. The first-order valence-corrected chi connectivity index (χ1v) is 5.99. The number of anilines is 1. The molecule has 0 radical (unpaired) electrons. The van der Waals surface area contributed by atoms with Gasteiger partial charge in [0, 0.05) is 17.0 Å². The molecular weight excluding hydrogens is 274 g/mol. The molecule has 0 saturated carbocycles. The Balaban J connectivity index is 2.37. The Bertz CT molecular complexity index is 535. The van der Waals surface area contributed by atoms with Crippen LogP contribution in [0.1, 0.15) is 13.8 Å². The van der Waals surface area contributed by atoms with Gasteiger partial charge in [-0.05, 0) is 12.1 Å². The van der Waals surface area contributed by atoms with Gasteiger partial charge in [0.15, 0.2) is 6.23 Å². The van der Waals surface area contributed by atoms with Gasteiger partial charge in [0.25, 0.3) is 5.69 Å². The summed E-state index contributed by atoms with van der Waals surface area (Å²) in [5, 5.41) is 12.2. The van der Waals surface area contributed by atoms with E-state index in [2.05, 4.69) is 5.43 Å². The topological polar surface area (TPSA) is 84.7 Å². The molecule has 1 N–H and O–H groups in total. The Morgan fingerprint density at radius 3 is 2.74 bits per heavy atom. The second-order valence-electron chi connectivity index (χ2n) is 4.40. The van der Waals surface area contributed by atoms with Crippen LogP contribution in [0.4, 0.5) is 16.2 Å². The average molecular weight is 286 g/mol. The van der Waals surface area contributed by atoms with Crippen LogP contribution in [-0.2, 0) is 4.74 Å². The van der Waals surface area contributed by atoms with E-state index in [1.807, 2.05) is 13.8 Å². The van der Waals surface area contributed by atoms with E-state index in [4.69, 9.17) is 16.3 Å². The molecule has 0 spiro atoms. The third-order valence-corrected chi connectivity index (χ3v) is 2.88. The minimum atomic E-state index is -0.677. The maximum atomic E-state index is 11.7. The number of carbonyl (C=O) groups excluding carboxylic acids is 1. The van der Waals surface area contributed by atoms with Gasteiger partial charge in [-0.3, -0.25) is 10.1 Å². The van der Waals surface area contributed by atoms with Crippen LogP contribution in [0.3, 0.4) is 0 Å². The van der Waals surface area contributed by atoms with Gasteiger partial charge in [-0.15, -0.1) is 0 Å². The van der Waals surface area contributed by atoms with E-state index in [1.165, 1.54) is 18.2 Å². The summed E-state index contributed by atoms with van der Waals surface area (Å²) in [6, 6.07) is 4.06. The van der Waals surface area contributed by atoms with Crippen molar-refractivity contribution < 1.29 is 14.5 Å². The zero-order valence-electron chi connectivity index (χ0n) is 10.3. The third-order valence-electron chi connectivity index (χ3n) is 2.65. The molecule has 1 aromatic carbocycles. The quantitative estimate of drug-likeness (QED) is 0.682. The molecule has 1 fully saturated rings. The number of hydrazine groups is 1. The van der Waals surface area contributed by atoms with Crippen molar-refractivity contribution in [3.63, 3.8) is 0 Å². The molecular formula is C11H12ClN3O4. The number of hydrogen-bond donors (Lipinski definition) is 1. The minimum absolute atomic E-state index is 0.0420. The van der Waals surface area contributed by atoms with Crippen LogP contribution in [-0.4, -0.2) is 17.2 Å². The van der Waals surface area contributed by atoms with Gasteiger partial charge in [0.1, 0.15) is 5.69 Å². The number of carbonyl (C=O) groups is 1. The molecule has 8 heteroatoms. The predicted octanol–water partition coefficient (Wildman–Crippen LogP) is 2.69.